The molecule has 3 nitrogen and oxygen atoms in total. The molecule has 0 aromatic carbocycles. The third-order valence-corrected chi connectivity index (χ3v) is 2.97. The molecule has 2 N–H and O–H groups in total. The Balaban J connectivity index is 2.19. The van der Waals surface area contributed by atoms with E-state index in [0.717, 1.165) is 18.8 Å². The van der Waals surface area contributed by atoms with E-state index < -0.39 is 0 Å². The Labute approximate surface area is 93.0 Å². The molecule has 15 heavy (non-hydrogen) atoms. The van der Waals surface area contributed by atoms with Crippen LogP contribution in [0.1, 0.15) is 46.5 Å². The maximum Gasteiger partial charge on any atom is 0.234 e. The van der Waals surface area contributed by atoms with Crippen molar-refractivity contribution in [1.82, 2.24) is 10.6 Å². The molecule has 0 heterocycles. The topological polar surface area (TPSA) is 41.1 Å². The minimum Gasteiger partial charge on any atom is -0.352 e. The molecule has 1 saturated carbocycles. The lowest BCUT2D eigenvalue weighted by molar-refractivity contribution is -0.121. The first-order valence-electron chi connectivity index (χ1n) is 6.10. The van der Waals surface area contributed by atoms with Crippen molar-refractivity contribution in [2.45, 2.75) is 58.5 Å². The van der Waals surface area contributed by atoms with Gasteiger partial charge in [0.1, 0.15) is 0 Å². The van der Waals surface area contributed by atoms with Gasteiger partial charge < -0.3 is 10.6 Å². The summed E-state index contributed by atoms with van der Waals surface area (Å²) >= 11 is 0. The number of hydrogen-bond acceptors (Lipinski definition) is 2. The fraction of sp³-hybridized carbons (Fsp3) is 0.917. The number of rotatable bonds is 4. The summed E-state index contributed by atoms with van der Waals surface area (Å²) < 4.78 is 0. The first kappa shape index (κ1) is 12.5. The van der Waals surface area contributed by atoms with Gasteiger partial charge in [-0.2, -0.15) is 0 Å². The van der Waals surface area contributed by atoms with Crippen molar-refractivity contribution in [2.75, 3.05) is 6.54 Å². The standard InChI is InChI=1S/C12H24N2O/c1-9(2)13-8-12(15)14-11-6-4-5-10(3)7-11/h9-11,13H,4-8H2,1-3H3,(H,14,15). The van der Waals surface area contributed by atoms with E-state index in [4.69, 9.17) is 0 Å². The Bertz CT molecular complexity index is 204. The second-order valence-electron chi connectivity index (χ2n) is 5.07. The van der Waals surface area contributed by atoms with Gasteiger partial charge in [-0.1, -0.05) is 33.6 Å². The largest absolute Gasteiger partial charge is 0.352 e. The Morgan fingerprint density at radius 2 is 2.13 bits per heavy atom. The van der Waals surface area contributed by atoms with Crippen molar-refractivity contribution in [3.05, 3.63) is 0 Å². The quantitative estimate of drug-likeness (QED) is 0.744. The minimum atomic E-state index is 0.141. The van der Waals surface area contributed by atoms with Crippen LogP contribution in [0.2, 0.25) is 0 Å². The normalized spacial score (nSPS) is 26.7. The summed E-state index contributed by atoms with van der Waals surface area (Å²) in [5.74, 6) is 0.907. The van der Waals surface area contributed by atoms with Gasteiger partial charge in [-0.25, -0.2) is 0 Å². The van der Waals surface area contributed by atoms with Crippen LogP contribution in [0, 0.1) is 5.92 Å². The highest BCUT2D eigenvalue weighted by molar-refractivity contribution is 5.78. The SMILES string of the molecule is CC1CCCC(NC(=O)CNC(C)C)C1. The maximum atomic E-state index is 11.5. The van der Waals surface area contributed by atoms with Gasteiger partial charge >= 0.3 is 0 Å². The lowest BCUT2D eigenvalue weighted by atomic mass is 9.87. The molecule has 2 unspecified atom stereocenters. The van der Waals surface area contributed by atoms with Gasteiger partial charge in [0, 0.05) is 12.1 Å². The van der Waals surface area contributed by atoms with E-state index in [9.17, 15) is 4.79 Å². The van der Waals surface area contributed by atoms with E-state index in [1.807, 2.05) is 0 Å². The average molecular weight is 212 g/mol. The van der Waals surface area contributed by atoms with Gasteiger partial charge in [0.05, 0.1) is 6.54 Å². The summed E-state index contributed by atoms with van der Waals surface area (Å²) in [5.41, 5.74) is 0. The Morgan fingerprint density at radius 1 is 1.40 bits per heavy atom. The molecule has 1 rings (SSSR count). The van der Waals surface area contributed by atoms with Gasteiger partial charge in [-0.05, 0) is 18.8 Å². The van der Waals surface area contributed by atoms with Gasteiger partial charge in [-0.3, -0.25) is 4.79 Å². The fourth-order valence-electron chi connectivity index (χ4n) is 2.14. The van der Waals surface area contributed by atoms with Crippen LogP contribution in [0.4, 0.5) is 0 Å². The highest BCUT2D eigenvalue weighted by Gasteiger charge is 2.19. The first-order valence-corrected chi connectivity index (χ1v) is 6.10. The second-order valence-corrected chi connectivity index (χ2v) is 5.07. The summed E-state index contributed by atoms with van der Waals surface area (Å²) in [7, 11) is 0. The molecule has 3 heteroatoms. The zero-order valence-electron chi connectivity index (χ0n) is 10.2. The molecule has 1 aliphatic carbocycles. The van der Waals surface area contributed by atoms with Gasteiger partial charge in [0.25, 0.3) is 0 Å². The zero-order valence-corrected chi connectivity index (χ0v) is 10.2. The molecule has 0 aromatic heterocycles. The molecule has 1 fully saturated rings. The molecule has 0 aromatic rings. The van der Waals surface area contributed by atoms with Gasteiger partial charge in [-0.15, -0.1) is 0 Å². The summed E-state index contributed by atoms with van der Waals surface area (Å²) in [6, 6.07) is 0.788. The van der Waals surface area contributed by atoms with Gasteiger partial charge in [0.15, 0.2) is 0 Å². The van der Waals surface area contributed by atoms with E-state index in [1.165, 1.54) is 12.8 Å². The lowest BCUT2D eigenvalue weighted by Crippen LogP contribution is -2.43. The van der Waals surface area contributed by atoms with E-state index in [-0.39, 0.29) is 5.91 Å². The fourth-order valence-corrected chi connectivity index (χ4v) is 2.14. The van der Waals surface area contributed by atoms with Crippen molar-refractivity contribution < 1.29 is 4.79 Å². The predicted octanol–water partition coefficient (Wildman–Crippen LogP) is 1.68. The van der Waals surface area contributed by atoms with Crippen LogP contribution in [-0.4, -0.2) is 24.5 Å². The van der Waals surface area contributed by atoms with Crippen molar-refractivity contribution >= 4 is 5.91 Å². The molecule has 0 saturated heterocycles. The Hall–Kier alpha value is -0.570. The second kappa shape index (κ2) is 6.11. The highest BCUT2D eigenvalue weighted by Crippen LogP contribution is 2.23. The van der Waals surface area contributed by atoms with Crippen LogP contribution in [0.5, 0.6) is 0 Å². The van der Waals surface area contributed by atoms with Crippen LogP contribution in [0.15, 0.2) is 0 Å². The number of nitrogens with one attached hydrogen (secondary N) is 2. The Kier molecular flexibility index (Phi) is 5.09. The summed E-state index contributed by atoms with van der Waals surface area (Å²) in [4.78, 5) is 11.5. The predicted molar refractivity (Wildman–Crippen MR) is 62.7 cm³/mol. The monoisotopic (exact) mass is 212 g/mol. The molecular formula is C12H24N2O. The van der Waals surface area contributed by atoms with E-state index in [1.54, 1.807) is 0 Å². The third-order valence-electron chi connectivity index (χ3n) is 2.97. The van der Waals surface area contributed by atoms with E-state index in [0.29, 0.717) is 18.6 Å². The molecule has 1 amide bonds. The zero-order chi connectivity index (χ0) is 11.3. The van der Waals surface area contributed by atoms with Crippen molar-refractivity contribution in [1.29, 1.82) is 0 Å². The van der Waals surface area contributed by atoms with E-state index >= 15 is 0 Å². The lowest BCUT2D eigenvalue weighted by Gasteiger charge is -2.27. The maximum absolute atomic E-state index is 11.5. The Morgan fingerprint density at radius 3 is 2.73 bits per heavy atom. The number of carbonyl (C=O) groups is 1. The minimum absolute atomic E-state index is 0.141. The molecule has 0 aliphatic heterocycles. The van der Waals surface area contributed by atoms with Crippen molar-refractivity contribution in [3.8, 4) is 0 Å². The van der Waals surface area contributed by atoms with E-state index in [2.05, 4.69) is 31.4 Å². The molecule has 0 bridgehead atoms. The molecule has 0 spiro atoms. The summed E-state index contributed by atoms with van der Waals surface area (Å²) in [6.07, 6.45) is 4.87. The molecular weight excluding hydrogens is 188 g/mol. The van der Waals surface area contributed by atoms with Crippen LogP contribution in [0.25, 0.3) is 0 Å². The number of hydrogen-bond donors (Lipinski definition) is 2. The molecule has 1 aliphatic rings. The smallest absolute Gasteiger partial charge is 0.234 e. The van der Waals surface area contributed by atoms with Crippen LogP contribution >= 0.6 is 0 Å². The van der Waals surface area contributed by atoms with Crippen LogP contribution < -0.4 is 10.6 Å². The van der Waals surface area contributed by atoms with Crippen LogP contribution in [0.3, 0.4) is 0 Å². The molecule has 88 valence electrons. The molecule has 2 atom stereocenters. The average Bonchev–Trinajstić information content (AvgIpc) is 2.15. The molecule has 0 radical (unpaired) electrons. The number of amides is 1. The van der Waals surface area contributed by atoms with Crippen LogP contribution in [-0.2, 0) is 4.79 Å². The van der Waals surface area contributed by atoms with Gasteiger partial charge in [0.2, 0.25) is 5.91 Å². The highest BCUT2D eigenvalue weighted by atomic mass is 16.1. The van der Waals surface area contributed by atoms with Crippen molar-refractivity contribution in [3.63, 3.8) is 0 Å². The summed E-state index contributed by atoms with van der Waals surface area (Å²) in [5, 5.41) is 6.24. The van der Waals surface area contributed by atoms with Crippen molar-refractivity contribution in [2.24, 2.45) is 5.92 Å². The first-order chi connectivity index (χ1) is 7.08. The third kappa shape index (κ3) is 5.17. The summed E-state index contributed by atoms with van der Waals surface area (Å²) in [6.45, 7) is 6.82. The number of carbonyl (C=O) groups excluding carboxylic acids is 1.